The van der Waals surface area contributed by atoms with Crippen molar-refractivity contribution in [1.82, 2.24) is 0 Å². The average Bonchev–Trinajstić information content (AvgIpc) is 2.75. The van der Waals surface area contributed by atoms with Gasteiger partial charge in [-0.2, -0.15) is 0 Å². The normalized spacial score (nSPS) is 11.5. The Morgan fingerprint density at radius 3 is 2.38 bits per heavy atom. The third-order valence-electron chi connectivity index (χ3n) is 4.62. The molecule has 4 heteroatoms. The van der Waals surface area contributed by atoms with Crippen LogP contribution in [0.2, 0.25) is 0 Å². The lowest BCUT2D eigenvalue weighted by Crippen LogP contribution is -2.30. The molecule has 0 aliphatic heterocycles. The van der Waals surface area contributed by atoms with E-state index >= 15 is 0 Å². The van der Waals surface area contributed by atoms with E-state index in [-0.39, 0.29) is 5.91 Å². The first kappa shape index (κ1) is 20.5. The molecule has 29 heavy (non-hydrogen) atoms. The van der Waals surface area contributed by atoms with Gasteiger partial charge in [-0.3, -0.25) is 4.79 Å². The standard InChI is InChI=1S/C25H27NO3/c1-3-20-12-14-23(15-13-20)29-19(2)25(27)26-22-10-7-11-24(18-22)28-17-16-21-8-5-4-6-9-21/h4-15,18-19H,3,16-17H2,1-2H3,(H,26,27). The van der Waals surface area contributed by atoms with E-state index in [1.165, 1.54) is 11.1 Å². The van der Waals surface area contributed by atoms with Crippen molar-refractivity contribution in [2.75, 3.05) is 11.9 Å². The fourth-order valence-electron chi connectivity index (χ4n) is 2.90. The Balaban J connectivity index is 1.50. The van der Waals surface area contributed by atoms with Gasteiger partial charge in [0.15, 0.2) is 6.10 Å². The molecule has 0 radical (unpaired) electrons. The second-order valence-electron chi connectivity index (χ2n) is 6.86. The minimum atomic E-state index is -0.606. The van der Waals surface area contributed by atoms with Gasteiger partial charge < -0.3 is 14.8 Å². The molecule has 150 valence electrons. The molecule has 0 aliphatic rings. The summed E-state index contributed by atoms with van der Waals surface area (Å²) < 4.78 is 11.6. The summed E-state index contributed by atoms with van der Waals surface area (Å²) in [4.78, 5) is 12.5. The minimum Gasteiger partial charge on any atom is -0.493 e. The molecule has 1 amide bonds. The first-order valence-corrected chi connectivity index (χ1v) is 9.97. The summed E-state index contributed by atoms with van der Waals surface area (Å²) in [6.45, 7) is 4.42. The minimum absolute atomic E-state index is 0.203. The number of hydrogen-bond donors (Lipinski definition) is 1. The van der Waals surface area contributed by atoms with Gasteiger partial charge in [0.05, 0.1) is 6.61 Å². The third kappa shape index (κ3) is 6.39. The van der Waals surface area contributed by atoms with Gasteiger partial charge in [0, 0.05) is 18.2 Å². The van der Waals surface area contributed by atoms with E-state index in [4.69, 9.17) is 9.47 Å². The van der Waals surface area contributed by atoms with E-state index < -0.39 is 6.10 Å². The molecule has 0 spiro atoms. The van der Waals surface area contributed by atoms with Gasteiger partial charge in [-0.25, -0.2) is 0 Å². The molecule has 0 fully saturated rings. The quantitative estimate of drug-likeness (QED) is 0.542. The molecule has 0 saturated heterocycles. The maximum Gasteiger partial charge on any atom is 0.265 e. The molecule has 3 aromatic carbocycles. The van der Waals surface area contributed by atoms with Gasteiger partial charge >= 0.3 is 0 Å². The molecule has 0 bridgehead atoms. The molecule has 1 unspecified atom stereocenters. The summed E-state index contributed by atoms with van der Waals surface area (Å²) >= 11 is 0. The zero-order valence-corrected chi connectivity index (χ0v) is 16.9. The predicted octanol–water partition coefficient (Wildman–Crippen LogP) is 5.28. The largest absolute Gasteiger partial charge is 0.493 e. The van der Waals surface area contributed by atoms with Gasteiger partial charge in [0.25, 0.3) is 5.91 Å². The van der Waals surface area contributed by atoms with Crippen molar-refractivity contribution in [1.29, 1.82) is 0 Å². The summed E-state index contributed by atoms with van der Waals surface area (Å²) in [5.74, 6) is 1.20. The van der Waals surface area contributed by atoms with Crippen LogP contribution in [0, 0.1) is 0 Å². The zero-order valence-electron chi connectivity index (χ0n) is 16.9. The van der Waals surface area contributed by atoms with Crippen LogP contribution in [0.5, 0.6) is 11.5 Å². The fraction of sp³-hybridized carbons (Fsp3) is 0.240. The Kier molecular flexibility index (Phi) is 7.28. The topological polar surface area (TPSA) is 47.6 Å². The molecule has 0 heterocycles. The third-order valence-corrected chi connectivity index (χ3v) is 4.62. The van der Waals surface area contributed by atoms with E-state index in [9.17, 15) is 4.79 Å². The number of anilines is 1. The number of carbonyl (C=O) groups is 1. The van der Waals surface area contributed by atoms with Crippen LogP contribution >= 0.6 is 0 Å². The SMILES string of the molecule is CCc1ccc(OC(C)C(=O)Nc2cccc(OCCc3ccccc3)c2)cc1. The van der Waals surface area contributed by atoms with Crippen LogP contribution in [0.1, 0.15) is 25.0 Å². The number of aryl methyl sites for hydroxylation is 1. The lowest BCUT2D eigenvalue weighted by Gasteiger charge is -2.15. The zero-order chi connectivity index (χ0) is 20.5. The first-order chi connectivity index (χ1) is 14.1. The van der Waals surface area contributed by atoms with Crippen molar-refractivity contribution in [2.24, 2.45) is 0 Å². The van der Waals surface area contributed by atoms with Crippen LogP contribution in [-0.2, 0) is 17.6 Å². The van der Waals surface area contributed by atoms with Crippen LogP contribution in [0.4, 0.5) is 5.69 Å². The number of hydrogen-bond acceptors (Lipinski definition) is 3. The van der Waals surface area contributed by atoms with Crippen LogP contribution in [0.15, 0.2) is 78.9 Å². The molecule has 0 aromatic heterocycles. The van der Waals surface area contributed by atoms with Crippen molar-refractivity contribution >= 4 is 11.6 Å². The van der Waals surface area contributed by atoms with E-state index in [2.05, 4.69) is 24.4 Å². The molecule has 1 N–H and O–H groups in total. The van der Waals surface area contributed by atoms with Crippen molar-refractivity contribution in [2.45, 2.75) is 32.8 Å². The Bertz CT molecular complexity index is 907. The molecular formula is C25H27NO3. The highest BCUT2D eigenvalue weighted by Gasteiger charge is 2.15. The number of nitrogens with one attached hydrogen (secondary N) is 1. The lowest BCUT2D eigenvalue weighted by molar-refractivity contribution is -0.122. The summed E-state index contributed by atoms with van der Waals surface area (Å²) in [5.41, 5.74) is 3.15. The van der Waals surface area contributed by atoms with Gasteiger partial charge in [-0.05, 0) is 48.7 Å². The number of amides is 1. The molecular weight excluding hydrogens is 362 g/mol. The molecule has 0 aliphatic carbocycles. The maximum absolute atomic E-state index is 12.5. The molecule has 4 nitrogen and oxygen atoms in total. The number of rotatable bonds is 9. The fourth-order valence-corrected chi connectivity index (χ4v) is 2.90. The maximum atomic E-state index is 12.5. The Hall–Kier alpha value is -3.27. The highest BCUT2D eigenvalue weighted by atomic mass is 16.5. The summed E-state index contributed by atoms with van der Waals surface area (Å²) in [5, 5.41) is 2.89. The van der Waals surface area contributed by atoms with Gasteiger partial charge in [-0.1, -0.05) is 55.5 Å². The van der Waals surface area contributed by atoms with E-state index in [0.29, 0.717) is 18.0 Å². The van der Waals surface area contributed by atoms with Crippen LogP contribution in [0.25, 0.3) is 0 Å². The van der Waals surface area contributed by atoms with E-state index in [1.54, 1.807) is 6.92 Å². The summed E-state index contributed by atoms with van der Waals surface area (Å²) in [7, 11) is 0. The highest BCUT2D eigenvalue weighted by Crippen LogP contribution is 2.19. The lowest BCUT2D eigenvalue weighted by atomic mass is 10.2. The summed E-state index contributed by atoms with van der Waals surface area (Å²) in [6, 6.07) is 25.4. The first-order valence-electron chi connectivity index (χ1n) is 9.97. The highest BCUT2D eigenvalue weighted by molar-refractivity contribution is 5.94. The second kappa shape index (κ2) is 10.3. The Labute approximate surface area is 172 Å². The molecule has 0 saturated carbocycles. The monoisotopic (exact) mass is 389 g/mol. The van der Waals surface area contributed by atoms with Gasteiger partial charge in [0.2, 0.25) is 0 Å². The van der Waals surface area contributed by atoms with E-state index in [1.807, 2.05) is 66.7 Å². The van der Waals surface area contributed by atoms with E-state index in [0.717, 1.165) is 18.6 Å². The van der Waals surface area contributed by atoms with Crippen molar-refractivity contribution in [3.8, 4) is 11.5 Å². The second-order valence-corrected chi connectivity index (χ2v) is 6.86. The summed E-state index contributed by atoms with van der Waals surface area (Å²) in [6.07, 6.45) is 1.20. The number of benzene rings is 3. The Morgan fingerprint density at radius 1 is 0.897 bits per heavy atom. The number of carbonyl (C=O) groups excluding carboxylic acids is 1. The number of ether oxygens (including phenoxy) is 2. The Morgan fingerprint density at radius 2 is 1.66 bits per heavy atom. The van der Waals surface area contributed by atoms with Crippen LogP contribution in [-0.4, -0.2) is 18.6 Å². The van der Waals surface area contributed by atoms with Gasteiger partial charge in [0.1, 0.15) is 11.5 Å². The molecule has 3 rings (SSSR count). The smallest absolute Gasteiger partial charge is 0.265 e. The molecule has 1 atom stereocenters. The predicted molar refractivity (Wildman–Crippen MR) is 117 cm³/mol. The van der Waals surface area contributed by atoms with Crippen LogP contribution < -0.4 is 14.8 Å². The average molecular weight is 389 g/mol. The van der Waals surface area contributed by atoms with Crippen molar-refractivity contribution in [3.05, 3.63) is 90.0 Å². The molecule has 3 aromatic rings. The van der Waals surface area contributed by atoms with Crippen LogP contribution in [0.3, 0.4) is 0 Å². The van der Waals surface area contributed by atoms with Crippen molar-refractivity contribution < 1.29 is 14.3 Å². The van der Waals surface area contributed by atoms with Crippen molar-refractivity contribution in [3.63, 3.8) is 0 Å². The van der Waals surface area contributed by atoms with Gasteiger partial charge in [-0.15, -0.1) is 0 Å².